The van der Waals surface area contributed by atoms with Crippen LogP contribution in [0.5, 0.6) is 5.75 Å². The maximum atomic E-state index is 12.7. The van der Waals surface area contributed by atoms with Crippen molar-refractivity contribution in [2.75, 3.05) is 12.9 Å². The number of thioether (sulfide) groups is 1. The van der Waals surface area contributed by atoms with Crippen molar-refractivity contribution in [3.05, 3.63) is 96.3 Å². The summed E-state index contributed by atoms with van der Waals surface area (Å²) in [7, 11) is 1.64. The summed E-state index contributed by atoms with van der Waals surface area (Å²) in [6, 6.07) is 27.1. The molecule has 3 aromatic carbocycles. The van der Waals surface area contributed by atoms with Crippen LogP contribution < -0.4 is 10.1 Å². The molecule has 1 aromatic heterocycles. The third kappa shape index (κ3) is 4.63. The van der Waals surface area contributed by atoms with Gasteiger partial charge in [0.05, 0.1) is 12.9 Å². The molecule has 4 aromatic rings. The smallest absolute Gasteiger partial charge is 0.231 e. The molecule has 1 N–H and O–H groups in total. The zero-order chi connectivity index (χ0) is 20.1. The standard InChI is InChI=1S/C24H21NO3S/c1-27-19-11-13-20(14-12-19)29-16-23(26)25-24(17-7-3-2-4-8-17)22-15-18-9-5-6-10-21(18)28-22/h2-15,24H,16H2,1H3,(H,25,26). The van der Waals surface area contributed by atoms with Crippen LogP contribution in [0.3, 0.4) is 0 Å². The summed E-state index contributed by atoms with van der Waals surface area (Å²) in [5.74, 6) is 1.78. The lowest BCUT2D eigenvalue weighted by molar-refractivity contribution is -0.119. The fourth-order valence-corrected chi connectivity index (χ4v) is 3.84. The first-order valence-corrected chi connectivity index (χ1v) is 10.3. The van der Waals surface area contributed by atoms with Crippen LogP contribution in [0.4, 0.5) is 0 Å². The molecule has 4 nitrogen and oxygen atoms in total. The van der Waals surface area contributed by atoms with E-state index in [1.807, 2.05) is 84.9 Å². The lowest BCUT2D eigenvalue weighted by atomic mass is 10.0. The van der Waals surface area contributed by atoms with Gasteiger partial charge in [-0.3, -0.25) is 4.79 Å². The topological polar surface area (TPSA) is 51.5 Å². The van der Waals surface area contributed by atoms with Crippen LogP contribution in [-0.4, -0.2) is 18.8 Å². The Morgan fingerprint density at radius 2 is 1.72 bits per heavy atom. The van der Waals surface area contributed by atoms with Crippen LogP contribution in [-0.2, 0) is 4.79 Å². The van der Waals surface area contributed by atoms with Gasteiger partial charge >= 0.3 is 0 Å². The van der Waals surface area contributed by atoms with Gasteiger partial charge in [0.15, 0.2) is 0 Å². The molecule has 0 bridgehead atoms. The highest BCUT2D eigenvalue weighted by Gasteiger charge is 2.21. The van der Waals surface area contributed by atoms with Crippen LogP contribution in [0, 0.1) is 0 Å². The highest BCUT2D eigenvalue weighted by atomic mass is 32.2. The number of hydrogen-bond acceptors (Lipinski definition) is 4. The van der Waals surface area contributed by atoms with E-state index >= 15 is 0 Å². The van der Waals surface area contributed by atoms with Crippen molar-refractivity contribution in [2.45, 2.75) is 10.9 Å². The van der Waals surface area contributed by atoms with Crippen molar-refractivity contribution in [3.63, 3.8) is 0 Å². The van der Waals surface area contributed by atoms with Crippen molar-refractivity contribution in [1.82, 2.24) is 5.32 Å². The van der Waals surface area contributed by atoms with Gasteiger partial charge in [0.25, 0.3) is 0 Å². The fraction of sp³-hybridized carbons (Fsp3) is 0.125. The summed E-state index contributed by atoms with van der Waals surface area (Å²) in [5, 5.41) is 4.14. The largest absolute Gasteiger partial charge is 0.497 e. The zero-order valence-corrected chi connectivity index (χ0v) is 16.8. The lowest BCUT2D eigenvalue weighted by Crippen LogP contribution is -2.30. The first-order chi connectivity index (χ1) is 14.2. The maximum absolute atomic E-state index is 12.7. The Labute approximate surface area is 173 Å². The molecule has 0 aliphatic carbocycles. The number of ether oxygens (including phenoxy) is 1. The SMILES string of the molecule is COc1ccc(SCC(=O)NC(c2ccccc2)c2cc3ccccc3o2)cc1. The molecule has 1 atom stereocenters. The highest BCUT2D eigenvalue weighted by Crippen LogP contribution is 2.29. The molecule has 1 heterocycles. The molecule has 1 amide bonds. The highest BCUT2D eigenvalue weighted by molar-refractivity contribution is 8.00. The molecule has 0 saturated carbocycles. The van der Waals surface area contributed by atoms with E-state index in [0.717, 1.165) is 32.9 Å². The molecule has 0 saturated heterocycles. The van der Waals surface area contributed by atoms with Gasteiger partial charge < -0.3 is 14.5 Å². The van der Waals surface area contributed by atoms with Crippen LogP contribution in [0.15, 0.2) is 94.2 Å². The number of rotatable bonds is 7. The Hall–Kier alpha value is -3.18. The molecule has 5 heteroatoms. The van der Waals surface area contributed by atoms with Crippen molar-refractivity contribution >= 4 is 28.6 Å². The Bertz CT molecular complexity index is 1060. The first-order valence-electron chi connectivity index (χ1n) is 9.32. The van der Waals surface area contributed by atoms with Gasteiger partial charge in [0, 0.05) is 10.3 Å². The van der Waals surface area contributed by atoms with Gasteiger partial charge in [0.1, 0.15) is 23.1 Å². The number of para-hydroxylation sites is 1. The van der Waals surface area contributed by atoms with Crippen LogP contribution >= 0.6 is 11.8 Å². The predicted octanol–water partition coefficient (Wildman–Crippen LogP) is 5.44. The van der Waals surface area contributed by atoms with Gasteiger partial charge in [-0.05, 0) is 42.0 Å². The minimum Gasteiger partial charge on any atom is -0.497 e. The number of hydrogen-bond donors (Lipinski definition) is 1. The third-order valence-electron chi connectivity index (χ3n) is 4.60. The van der Waals surface area contributed by atoms with E-state index in [0.29, 0.717) is 5.75 Å². The summed E-state index contributed by atoms with van der Waals surface area (Å²) in [5.41, 5.74) is 1.79. The molecule has 4 rings (SSSR count). The van der Waals surface area contributed by atoms with E-state index in [-0.39, 0.29) is 11.9 Å². The molecule has 0 aliphatic heterocycles. The maximum Gasteiger partial charge on any atom is 0.231 e. The van der Waals surface area contributed by atoms with E-state index in [9.17, 15) is 4.79 Å². The molecule has 0 radical (unpaired) electrons. The summed E-state index contributed by atoms with van der Waals surface area (Å²) < 4.78 is 11.2. The van der Waals surface area contributed by atoms with Crippen molar-refractivity contribution in [1.29, 1.82) is 0 Å². The number of furan rings is 1. The predicted molar refractivity (Wildman–Crippen MR) is 116 cm³/mol. The number of benzene rings is 3. The molecular formula is C24H21NO3S. The van der Waals surface area contributed by atoms with Crippen LogP contribution in [0.2, 0.25) is 0 Å². The number of methoxy groups -OCH3 is 1. The zero-order valence-electron chi connectivity index (χ0n) is 16.0. The number of carbonyl (C=O) groups is 1. The average molecular weight is 404 g/mol. The molecule has 0 aliphatic rings. The Morgan fingerprint density at radius 1 is 1.00 bits per heavy atom. The summed E-state index contributed by atoms with van der Waals surface area (Å²) in [4.78, 5) is 13.7. The van der Waals surface area contributed by atoms with E-state index in [2.05, 4.69) is 5.32 Å². The normalized spacial score (nSPS) is 11.9. The first kappa shape index (κ1) is 19.2. The van der Waals surface area contributed by atoms with Crippen molar-refractivity contribution in [3.8, 4) is 5.75 Å². The number of fused-ring (bicyclic) bond motifs is 1. The Morgan fingerprint density at radius 3 is 2.45 bits per heavy atom. The van der Waals surface area contributed by atoms with Crippen LogP contribution in [0.25, 0.3) is 11.0 Å². The number of carbonyl (C=O) groups excluding carboxylic acids is 1. The molecular weight excluding hydrogens is 382 g/mol. The molecule has 146 valence electrons. The van der Waals surface area contributed by atoms with Gasteiger partial charge in [0.2, 0.25) is 5.91 Å². The number of amides is 1. The Kier molecular flexibility index (Phi) is 5.86. The van der Waals surface area contributed by atoms with Crippen LogP contribution in [0.1, 0.15) is 17.4 Å². The van der Waals surface area contributed by atoms with E-state index < -0.39 is 0 Å². The second-order valence-corrected chi connectivity index (χ2v) is 7.61. The fourth-order valence-electron chi connectivity index (χ4n) is 3.13. The Balaban J connectivity index is 1.51. The summed E-state index contributed by atoms with van der Waals surface area (Å²) >= 11 is 1.49. The van der Waals surface area contributed by atoms with Crippen molar-refractivity contribution in [2.24, 2.45) is 0 Å². The van der Waals surface area contributed by atoms with E-state index in [4.69, 9.17) is 9.15 Å². The molecule has 29 heavy (non-hydrogen) atoms. The minimum atomic E-state index is -0.340. The minimum absolute atomic E-state index is 0.0554. The molecule has 1 unspecified atom stereocenters. The van der Waals surface area contributed by atoms with E-state index in [1.165, 1.54) is 11.8 Å². The van der Waals surface area contributed by atoms with Gasteiger partial charge in [-0.25, -0.2) is 0 Å². The molecule has 0 fully saturated rings. The van der Waals surface area contributed by atoms with Gasteiger partial charge in [-0.2, -0.15) is 0 Å². The lowest BCUT2D eigenvalue weighted by Gasteiger charge is -2.17. The summed E-state index contributed by atoms with van der Waals surface area (Å²) in [6.07, 6.45) is 0. The average Bonchev–Trinajstić information content (AvgIpc) is 3.21. The van der Waals surface area contributed by atoms with Crippen molar-refractivity contribution < 1.29 is 13.9 Å². The molecule has 0 spiro atoms. The number of nitrogens with one attached hydrogen (secondary N) is 1. The second kappa shape index (κ2) is 8.88. The van der Waals surface area contributed by atoms with Gasteiger partial charge in [-0.15, -0.1) is 11.8 Å². The van der Waals surface area contributed by atoms with E-state index in [1.54, 1.807) is 7.11 Å². The quantitative estimate of drug-likeness (QED) is 0.418. The monoisotopic (exact) mass is 403 g/mol. The third-order valence-corrected chi connectivity index (χ3v) is 5.61. The second-order valence-electron chi connectivity index (χ2n) is 6.56. The summed E-state index contributed by atoms with van der Waals surface area (Å²) in [6.45, 7) is 0. The van der Waals surface area contributed by atoms with Gasteiger partial charge in [-0.1, -0.05) is 48.5 Å².